The molecule has 0 radical (unpaired) electrons. The van der Waals surface area contributed by atoms with E-state index in [4.69, 9.17) is 4.74 Å². The van der Waals surface area contributed by atoms with Crippen LogP contribution in [0.15, 0.2) is 48.5 Å². The molecule has 0 fully saturated rings. The summed E-state index contributed by atoms with van der Waals surface area (Å²) in [6.45, 7) is 2.70. The van der Waals surface area contributed by atoms with Crippen molar-refractivity contribution in [1.29, 1.82) is 0 Å². The van der Waals surface area contributed by atoms with Gasteiger partial charge in [-0.2, -0.15) is 0 Å². The molecule has 2 aromatic carbocycles. The Morgan fingerprint density at radius 1 is 1.16 bits per heavy atom. The molecule has 2 nitrogen and oxygen atoms in total. The summed E-state index contributed by atoms with van der Waals surface area (Å²) in [5.74, 6) is 0.657. The molecule has 1 N–H and O–H groups in total. The second-order valence-corrected chi connectivity index (χ2v) is 4.47. The molecule has 19 heavy (non-hydrogen) atoms. The molecular formula is C16H18FNO. The van der Waals surface area contributed by atoms with E-state index in [1.807, 2.05) is 37.3 Å². The molecule has 100 valence electrons. The van der Waals surface area contributed by atoms with Gasteiger partial charge in [0.15, 0.2) is 0 Å². The van der Waals surface area contributed by atoms with Crippen LogP contribution in [0, 0.1) is 5.82 Å². The fourth-order valence-corrected chi connectivity index (χ4v) is 2.01. The summed E-state index contributed by atoms with van der Waals surface area (Å²) in [4.78, 5) is 0. The van der Waals surface area contributed by atoms with Gasteiger partial charge in [0, 0.05) is 18.2 Å². The second-order valence-electron chi connectivity index (χ2n) is 4.47. The highest BCUT2D eigenvalue weighted by Gasteiger charge is 2.07. The molecule has 0 heterocycles. The normalized spacial score (nSPS) is 12.2. The van der Waals surface area contributed by atoms with E-state index in [2.05, 4.69) is 5.32 Å². The monoisotopic (exact) mass is 259 g/mol. The van der Waals surface area contributed by atoms with Crippen molar-refractivity contribution >= 4 is 0 Å². The van der Waals surface area contributed by atoms with E-state index in [0.29, 0.717) is 6.54 Å². The molecule has 0 aliphatic carbocycles. The summed E-state index contributed by atoms with van der Waals surface area (Å²) < 4.78 is 18.5. The predicted molar refractivity (Wildman–Crippen MR) is 74.6 cm³/mol. The van der Waals surface area contributed by atoms with E-state index in [9.17, 15) is 4.39 Å². The van der Waals surface area contributed by atoms with Gasteiger partial charge in [0.05, 0.1) is 7.11 Å². The lowest BCUT2D eigenvalue weighted by Crippen LogP contribution is -2.18. The zero-order chi connectivity index (χ0) is 13.7. The third-order valence-corrected chi connectivity index (χ3v) is 3.14. The molecule has 0 spiro atoms. The highest BCUT2D eigenvalue weighted by atomic mass is 19.1. The highest BCUT2D eigenvalue weighted by molar-refractivity contribution is 5.33. The average Bonchev–Trinajstić information content (AvgIpc) is 2.45. The van der Waals surface area contributed by atoms with Gasteiger partial charge in [-0.05, 0) is 30.7 Å². The van der Waals surface area contributed by atoms with Crippen molar-refractivity contribution in [2.24, 2.45) is 0 Å². The zero-order valence-corrected chi connectivity index (χ0v) is 11.2. The first-order valence-electron chi connectivity index (χ1n) is 6.31. The quantitative estimate of drug-likeness (QED) is 0.884. The van der Waals surface area contributed by atoms with Crippen molar-refractivity contribution < 1.29 is 9.13 Å². The first kappa shape index (κ1) is 13.6. The molecule has 0 aliphatic rings. The minimum absolute atomic E-state index is 0.0839. The smallest absolute Gasteiger partial charge is 0.123 e. The Labute approximate surface area is 113 Å². The molecule has 0 aliphatic heterocycles. The van der Waals surface area contributed by atoms with Crippen molar-refractivity contribution in [3.05, 3.63) is 65.5 Å². The Balaban J connectivity index is 2.02. The largest absolute Gasteiger partial charge is 0.496 e. The maximum Gasteiger partial charge on any atom is 0.123 e. The molecule has 0 bridgehead atoms. The summed E-state index contributed by atoms with van der Waals surface area (Å²) >= 11 is 0. The van der Waals surface area contributed by atoms with Crippen LogP contribution in [-0.2, 0) is 6.54 Å². The van der Waals surface area contributed by atoms with Gasteiger partial charge in [0.2, 0.25) is 0 Å². The molecule has 2 aromatic rings. The number of hydrogen-bond donors (Lipinski definition) is 1. The van der Waals surface area contributed by atoms with E-state index in [-0.39, 0.29) is 11.9 Å². The van der Waals surface area contributed by atoms with Crippen LogP contribution in [0.1, 0.15) is 24.1 Å². The Bertz CT molecular complexity index is 542. The number of ether oxygens (including phenoxy) is 1. The van der Waals surface area contributed by atoms with Crippen molar-refractivity contribution in [3.63, 3.8) is 0 Å². The summed E-state index contributed by atoms with van der Waals surface area (Å²) in [5.41, 5.74) is 2.03. The van der Waals surface area contributed by atoms with Crippen LogP contribution in [-0.4, -0.2) is 7.11 Å². The minimum Gasteiger partial charge on any atom is -0.496 e. The molecule has 1 atom stereocenters. The molecule has 0 saturated heterocycles. The van der Waals surface area contributed by atoms with Crippen molar-refractivity contribution in [3.8, 4) is 5.75 Å². The van der Waals surface area contributed by atoms with Gasteiger partial charge < -0.3 is 10.1 Å². The van der Waals surface area contributed by atoms with Gasteiger partial charge in [0.25, 0.3) is 0 Å². The van der Waals surface area contributed by atoms with E-state index < -0.39 is 0 Å². The Morgan fingerprint density at radius 2 is 1.95 bits per heavy atom. The first-order valence-corrected chi connectivity index (χ1v) is 6.31. The SMILES string of the molecule is COc1ccccc1CN[C@H](C)c1cccc(F)c1. The van der Waals surface area contributed by atoms with Crippen LogP contribution in [0.25, 0.3) is 0 Å². The van der Waals surface area contributed by atoms with Crippen LogP contribution in [0.2, 0.25) is 0 Å². The zero-order valence-electron chi connectivity index (χ0n) is 11.2. The molecule has 3 heteroatoms. The third kappa shape index (κ3) is 3.55. The number of para-hydroxylation sites is 1. The Morgan fingerprint density at radius 3 is 2.68 bits per heavy atom. The lowest BCUT2D eigenvalue weighted by Gasteiger charge is -2.15. The Kier molecular flexibility index (Phi) is 4.53. The number of methoxy groups -OCH3 is 1. The number of halogens is 1. The maximum absolute atomic E-state index is 13.2. The van der Waals surface area contributed by atoms with Gasteiger partial charge in [-0.15, -0.1) is 0 Å². The number of nitrogens with one attached hydrogen (secondary N) is 1. The van der Waals surface area contributed by atoms with Crippen molar-refractivity contribution in [1.82, 2.24) is 5.32 Å². The van der Waals surface area contributed by atoms with E-state index in [1.165, 1.54) is 6.07 Å². The van der Waals surface area contributed by atoms with Gasteiger partial charge in [-0.3, -0.25) is 0 Å². The lowest BCUT2D eigenvalue weighted by atomic mass is 10.1. The lowest BCUT2D eigenvalue weighted by molar-refractivity contribution is 0.406. The molecular weight excluding hydrogens is 241 g/mol. The predicted octanol–water partition coefficient (Wildman–Crippen LogP) is 3.69. The Hall–Kier alpha value is -1.87. The number of hydrogen-bond acceptors (Lipinski definition) is 2. The van der Waals surface area contributed by atoms with Gasteiger partial charge >= 0.3 is 0 Å². The number of rotatable bonds is 5. The van der Waals surface area contributed by atoms with Crippen LogP contribution in [0.4, 0.5) is 4.39 Å². The van der Waals surface area contributed by atoms with Crippen molar-refractivity contribution in [2.75, 3.05) is 7.11 Å². The molecule has 0 amide bonds. The average molecular weight is 259 g/mol. The fourth-order valence-electron chi connectivity index (χ4n) is 2.01. The summed E-state index contributed by atoms with van der Waals surface area (Å²) in [6, 6.07) is 14.6. The molecule has 0 saturated carbocycles. The second kappa shape index (κ2) is 6.34. The van der Waals surface area contributed by atoms with Crippen LogP contribution in [0.5, 0.6) is 5.75 Å². The summed E-state index contributed by atoms with van der Waals surface area (Å²) in [6.07, 6.45) is 0. The third-order valence-electron chi connectivity index (χ3n) is 3.14. The van der Waals surface area contributed by atoms with E-state index in [1.54, 1.807) is 19.2 Å². The fraction of sp³-hybridized carbons (Fsp3) is 0.250. The summed E-state index contributed by atoms with van der Waals surface area (Å²) in [7, 11) is 1.66. The standard InChI is InChI=1S/C16H18FNO/c1-12(13-7-5-8-15(17)10-13)18-11-14-6-3-4-9-16(14)19-2/h3-10,12,18H,11H2,1-2H3/t12-/m1/s1. The van der Waals surface area contributed by atoms with Crippen molar-refractivity contribution in [2.45, 2.75) is 19.5 Å². The molecule has 0 unspecified atom stereocenters. The van der Waals surface area contributed by atoms with Crippen LogP contribution >= 0.6 is 0 Å². The topological polar surface area (TPSA) is 21.3 Å². The van der Waals surface area contributed by atoms with E-state index >= 15 is 0 Å². The van der Waals surface area contributed by atoms with Gasteiger partial charge in [-0.25, -0.2) is 4.39 Å². The van der Waals surface area contributed by atoms with Gasteiger partial charge in [-0.1, -0.05) is 30.3 Å². The molecule has 2 rings (SSSR count). The highest BCUT2D eigenvalue weighted by Crippen LogP contribution is 2.19. The summed E-state index contributed by atoms with van der Waals surface area (Å²) in [5, 5.41) is 3.37. The van der Waals surface area contributed by atoms with E-state index in [0.717, 1.165) is 16.9 Å². The van der Waals surface area contributed by atoms with Crippen LogP contribution < -0.4 is 10.1 Å². The maximum atomic E-state index is 13.2. The number of benzene rings is 2. The molecule has 0 aromatic heterocycles. The first-order chi connectivity index (χ1) is 9.20. The van der Waals surface area contributed by atoms with Gasteiger partial charge in [0.1, 0.15) is 11.6 Å². The minimum atomic E-state index is -0.205. The van der Waals surface area contributed by atoms with Crippen LogP contribution in [0.3, 0.4) is 0 Å².